The molecule has 0 saturated carbocycles. The highest BCUT2D eigenvalue weighted by atomic mass is 16.1. The molecule has 3 aromatic heterocycles. The van der Waals surface area contributed by atoms with Gasteiger partial charge in [-0.05, 0) is 25.5 Å². The van der Waals surface area contributed by atoms with Crippen LogP contribution < -0.4 is 0 Å². The molecule has 5 heteroatoms. The molecule has 100 valence electrons. The molecule has 3 rings (SSSR count). The summed E-state index contributed by atoms with van der Waals surface area (Å²) < 4.78 is 1.82. The number of carbonyl (C=O) groups excluding carboxylic acids is 1. The van der Waals surface area contributed by atoms with Crippen LogP contribution in [0.5, 0.6) is 0 Å². The molecule has 0 radical (unpaired) electrons. The number of aldehydes is 1. The highest BCUT2D eigenvalue weighted by Gasteiger charge is 2.14. The first-order valence-electron chi connectivity index (χ1n) is 6.46. The van der Waals surface area contributed by atoms with Crippen LogP contribution in [0.3, 0.4) is 0 Å². The zero-order chi connectivity index (χ0) is 14.1. The van der Waals surface area contributed by atoms with Gasteiger partial charge in [0.1, 0.15) is 0 Å². The Kier molecular flexibility index (Phi) is 3.02. The maximum atomic E-state index is 11.3. The van der Waals surface area contributed by atoms with Crippen molar-refractivity contribution < 1.29 is 4.79 Å². The van der Waals surface area contributed by atoms with Crippen molar-refractivity contribution in [3.63, 3.8) is 0 Å². The summed E-state index contributed by atoms with van der Waals surface area (Å²) in [5, 5.41) is 5.19. The van der Waals surface area contributed by atoms with Crippen molar-refractivity contribution >= 4 is 17.3 Å². The van der Waals surface area contributed by atoms with Crippen molar-refractivity contribution in [2.24, 2.45) is 0 Å². The monoisotopic (exact) mass is 266 g/mol. The number of rotatable bonds is 3. The minimum absolute atomic E-state index is 0.556. The lowest BCUT2D eigenvalue weighted by atomic mass is 10.00. The van der Waals surface area contributed by atoms with Gasteiger partial charge in [0.25, 0.3) is 0 Å². The third-order valence-electron chi connectivity index (χ3n) is 3.29. The van der Waals surface area contributed by atoms with Gasteiger partial charge in [0, 0.05) is 47.2 Å². The second-order valence-corrected chi connectivity index (χ2v) is 4.65. The zero-order valence-electron chi connectivity index (χ0n) is 11.4. The number of pyridine rings is 2. The minimum Gasteiger partial charge on any atom is -0.298 e. The van der Waals surface area contributed by atoms with E-state index in [1.54, 1.807) is 24.8 Å². The lowest BCUT2D eigenvalue weighted by Crippen LogP contribution is -1.99. The Balaban J connectivity index is 2.37. The van der Waals surface area contributed by atoms with E-state index in [9.17, 15) is 4.79 Å². The average Bonchev–Trinajstić information content (AvgIpc) is 2.89. The van der Waals surface area contributed by atoms with Gasteiger partial charge in [-0.1, -0.05) is 0 Å². The van der Waals surface area contributed by atoms with Crippen LogP contribution in [0.15, 0.2) is 30.9 Å². The molecule has 0 N–H and O–H groups in total. The number of hydrogen-bond acceptors (Lipinski definition) is 4. The molecule has 0 aliphatic carbocycles. The van der Waals surface area contributed by atoms with Crippen molar-refractivity contribution in [2.75, 3.05) is 0 Å². The topological polar surface area (TPSA) is 60.7 Å². The second-order valence-electron chi connectivity index (χ2n) is 4.65. The lowest BCUT2D eigenvalue weighted by molar-refractivity contribution is 0.112. The number of hydrogen-bond donors (Lipinski definition) is 0. The Bertz CT molecular complexity index is 792. The molecule has 0 aromatic carbocycles. The molecule has 3 heterocycles. The smallest absolute Gasteiger partial charge is 0.158 e. The summed E-state index contributed by atoms with van der Waals surface area (Å²) in [4.78, 5) is 19.9. The number of aryl methyl sites for hydroxylation is 2. The zero-order valence-corrected chi connectivity index (χ0v) is 11.4. The van der Waals surface area contributed by atoms with E-state index in [0.29, 0.717) is 5.56 Å². The van der Waals surface area contributed by atoms with Crippen LogP contribution in [0.2, 0.25) is 0 Å². The van der Waals surface area contributed by atoms with Gasteiger partial charge in [0.2, 0.25) is 0 Å². The van der Waals surface area contributed by atoms with Gasteiger partial charge in [0.15, 0.2) is 11.9 Å². The summed E-state index contributed by atoms with van der Waals surface area (Å²) in [5.41, 5.74) is 4.15. The van der Waals surface area contributed by atoms with Gasteiger partial charge in [-0.25, -0.2) is 9.67 Å². The molecule has 0 saturated heterocycles. The summed E-state index contributed by atoms with van der Waals surface area (Å²) in [7, 11) is 0. The third kappa shape index (κ3) is 1.87. The van der Waals surface area contributed by atoms with E-state index in [2.05, 4.69) is 15.1 Å². The van der Waals surface area contributed by atoms with Gasteiger partial charge >= 0.3 is 0 Å². The van der Waals surface area contributed by atoms with Crippen LogP contribution in [-0.4, -0.2) is 26.0 Å². The summed E-state index contributed by atoms with van der Waals surface area (Å²) >= 11 is 0. The highest BCUT2D eigenvalue weighted by Crippen LogP contribution is 2.30. The minimum atomic E-state index is 0.556. The van der Waals surface area contributed by atoms with Crippen molar-refractivity contribution in [1.29, 1.82) is 0 Å². The van der Waals surface area contributed by atoms with E-state index in [4.69, 9.17) is 0 Å². The fourth-order valence-corrected chi connectivity index (χ4v) is 2.38. The molecule has 3 aromatic rings. The van der Waals surface area contributed by atoms with Crippen molar-refractivity contribution in [1.82, 2.24) is 19.7 Å². The van der Waals surface area contributed by atoms with Gasteiger partial charge < -0.3 is 0 Å². The molecule has 0 spiro atoms. The maximum absolute atomic E-state index is 11.3. The molecule has 0 aliphatic rings. The van der Waals surface area contributed by atoms with E-state index < -0.39 is 0 Å². The molecule has 0 fully saturated rings. The van der Waals surface area contributed by atoms with E-state index in [-0.39, 0.29) is 0 Å². The summed E-state index contributed by atoms with van der Waals surface area (Å²) in [6, 6.07) is 2.01. The fraction of sp³-hybridized carbons (Fsp3) is 0.200. The fourth-order valence-electron chi connectivity index (χ4n) is 2.38. The van der Waals surface area contributed by atoms with Crippen molar-refractivity contribution in [3.8, 4) is 11.1 Å². The molecule has 0 amide bonds. The lowest BCUT2D eigenvalue weighted by Gasteiger charge is -2.07. The highest BCUT2D eigenvalue weighted by molar-refractivity contribution is 6.01. The van der Waals surface area contributed by atoms with Crippen LogP contribution in [-0.2, 0) is 6.54 Å². The summed E-state index contributed by atoms with van der Waals surface area (Å²) in [5.74, 6) is 0. The Hall–Kier alpha value is -2.56. The van der Waals surface area contributed by atoms with Gasteiger partial charge in [-0.2, -0.15) is 5.10 Å². The van der Waals surface area contributed by atoms with E-state index in [1.807, 2.05) is 24.6 Å². The van der Waals surface area contributed by atoms with Crippen LogP contribution in [0.1, 0.15) is 22.8 Å². The van der Waals surface area contributed by atoms with Crippen LogP contribution in [0, 0.1) is 6.92 Å². The van der Waals surface area contributed by atoms with Crippen molar-refractivity contribution in [2.45, 2.75) is 20.4 Å². The van der Waals surface area contributed by atoms with E-state index >= 15 is 0 Å². The first kappa shape index (κ1) is 12.5. The Morgan fingerprint density at radius 1 is 1.25 bits per heavy atom. The molecular formula is C15H14N4O. The number of carbonyl (C=O) groups is 1. The standard InChI is InChI=1S/C15H14N4O/c1-3-19-15-13(8-18-19)14(12(9-20)7-17-15)11-4-10(2)5-16-6-11/h4-9H,3H2,1-2H3. The quantitative estimate of drug-likeness (QED) is 0.684. The summed E-state index contributed by atoms with van der Waals surface area (Å²) in [6.07, 6.45) is 7.74. The van der Waals surface area contributed by atoms with Crippen LogP contribution >= 0.6 is 0 Å². The van der Waals surface area contributed by atoms with Crippen LogP contribution in [0.25, 0.3) is 22.2 Å². The first-order valence-corrected chi connectivity index (χ1v) is 6.46. The Morgan fingerprint density at radius 3 is 2.80 bits per heavy atom. The molecule has 0 atom stereocenters. The van der Waals surface area contributed by atoms with E-state index in [1.165, 1.54) is 0 Å². The largest absolute Gasteiger partial charge is 0.298 e. The molecule has 0 aliphatic heterocycles. The number of fused-ring (bicyclic) bond motifs is 1. The molecule has 0 bridgehead atoms. The van der Waals surface area contributed by atoms with E-state index in [0.717, 1.165) is 40.6 Å². The first-order chi connectivity index (χ1) is 9.74. The maximum Gasteiger partial charge on any atom is 0.158 e. The molecule has 20 heavy (non-hydrogen) atoms. The Morgan fingerprint density at radius 2 is 2.10 bits per heavy atom. The van der Waals surface area contributed by atoms with Gasteiger partial charge in [-0.3, -0.25) is 9.78 Å². The average molecular weight is 266 g/mol. The molecule has 5 nitrogen and oxygen atoms in total. The summed E-state index contributed by atoms with van der Waals surface area (Å²) in [6.45, 7) is 4.73. The Labute approximate surface area is 116 Å². The van der Waals surface area contributed by atoms with Gasteiger partial charge in [-0.15, -0.1) is 0 Å². The predicted octanol–water partition coefficient (Wildman–Crippen LogP) is 2.63. The SMILES string of the molecule is CCn1ncc2c(-c3cncc(C)c3)c(C=O)cnc21. The van der Waals surface area contributed by atoms with Crippen molar-refractivity contribution in [3.05, 3.63) is 42.0 Å². The number of nitrogens with zero attached hydrogens (tertiary/aromatic N) is 4. The second kappa shape index (κ2) is 4.85. The number of aromatic nitrogens is 4. The van der Waals surface area contributed by atoms with Crippen LogP contribution in [0.4, 0.5) is 0 Å². The predicted molar refractivity (Wildman–Crippen MR) is 76.6 cm³/mol. The molecule has 0 unspecified atom stereocenters. The van der Waals surface area contributed by atoms with Gasteiger partial charge in [0.05, 0.1) is 6.20 Å². The normalized spacial score (nSPS) is 10.9. The molecular weight excluding hydrogens is 252 g/mol. The third-order valence-corrected chi connectivity index (χ3v) is 3.29.